The molecule has 0 atom stereocenters. The molecule has 0 spiro atoms. The summed E-state index contributed by atoms with van der Waals surface area (Å²) in [6, 6.07) is 9.64. The zero-order valence-electron chi connectivity index (χ0n) is 13.9. The van der Waals surface area contributed by atoms with Gasteiger partial charge in [0, 0.05) is 47.5 Å². The van der Waals surface area contributed by atoms with E-state index in [4.69, 9.17) is 16.7 Å². The fraction of sp³-hybridized carbons (Fsp3) is 0.158. The molecule has 4 aromatic heterocycles. The number of pyridine rings is 3. The van der Waals surface area contributed by atoms with Crippen LogP contribution in [0.25, 0.3) is 33.4 Å². The van der Waals surface area contributed by atoms with Crippen LogP contribution < -0.4 is 0 Å². The molecule has 0 aliphatic heterocycles. The molecule has 0 saturated heterocycles. The van der Waals surface area contributed by atoms with Crippen molar-refractivity contribution >= 4 is 22.6 Å². The third-order valence-corrected chi connectivity index (χ3v) is 4.30. The number of aromatic nitrogens is 5. The molecule has 124 valence electrons. The van der Waals surface area contributed by atoms with Crippen LogP contribution >= 0.6 is 11.6 Å². The van der Waals surface area contributed by atoms with Crippen molar-refractivity contribution in [1.29, 1.82) is 0 Å². The van der Waals surface area contributed by atoms with Gasteiger partial charge in [-0.05, 0) is 44.2 Å². The zero-order valence-corrected chi connectivity index (χ0v) is 14.7. The molecule has 0 aromatic carbocycles. The van der Waals surface area contributed by atoms with Crippen LogP contribution in [0.3, 0.4) is 0 Å². The van der Waals surface area contributed by atoms with Gasteiger partial charge in [-0.25, -0.2) is 4.98 Å². The topological polar surface area (TPSA) is 56.5 Å². The Morgan fingerprint density at radius 2 is 1.84 bits per heavy atom. The lowest BCUT2D eigenvalue weighted by Gasteiger charge is -2.04. The summed E-state index contributed by atoms with van der Waals surface area (Å²) in [5.74, 6) is 0. The monoisotopic (exact) mass is 349 g/mol. The zero-order chi connectivity index (χ0) is 17.4. The van der Waals surface area contributed by atoms with Gasteiger partial charge in [0.05, 0.1) is 11.0 Å². The molecule has 0 bridgehead atoms. The summed E-state index contributed by atoms with van der Waals surface area (Å²) in [6.07, 6.45) is 5.73. The Morgan fingerprint density at radius 1 is 1.00 bits per heavy atom. The number of hydrogen-bond donors (Lipinski definition) is 0. The van der Waals surface area contributed by atoms with Crippen LogP contribution in [0, 0.1) is 6.92 Å². The van der Waals surface area contributed by atoms with Crippen molar-refractivity contribution in [3.8, 4) is 22.4 Å². The highest BCUT2D eigenvalue weighted by atomic mass is 35.5. The molecule has 0 saturated carbocycles. The van der Waals surface area contributed by atoms with Crippen LogP contribution in [0.1, 0.15) is 12.6 Å². The molecule has 0 radical (unpaired) electrons. The van der Waals surface area contributed by atoms with Gasteiger partial charge in [-0.15, -0.1) is 0 Å². The summed E-state index contributed by atoms with van der Waals surface area (Å²) in [7, 11) is 0. The van der Waals surface area contributed by atoms with E-state index in [-0.39, 0.29) is 0 Å². The van der Waals surface area contributed by atoms with E-state index in [1.807, 2.05) is 54.5 Å². The molecular formula is C19H16ClN5. The number of nitrogens with zero attached hydrogens (tertiary/aromatic N) is 5. The highest BCUT2D eigenvalue weighted by Crippen LogP contribution is 2.31. The maximum absolute atomic E-state index is 6.02. The number of aryl methyl sites for hydroxylation is 2. The Balaban J connectivity index is 1.89. The van der Waals surface area contributed by atoms with E-state index in [0.717, 1.165) is 45.7 Å². The number of fused-ring (bicyclic) bond motifs is 1. The summed E-state index contributed by atoms with van der Waals surface area (Å²) in [6.45, 7) is 4.82. The summed E-state index contributed by atoms with van der Waals surface area (Å²) in [4.78, 5) is 13.3. The maximum Gasteiger partial charge on any atom is 0.129 e. The third-order valence-electron chi connectivity index (χ3n) is 4.08. The maximum atomic E-state index is 6.02. The van der Waals surface area contributed by atoms with Crippen LogP contribution in [0.5, 0.6) is 0 Å². The molecule has 4 aromatic rings. The van der Waals surface area contributed by atoms with Gasteiger partial charge in [0.25, 0.3) is 0 Å². The summed E-state index contributed by atoms with van der Waals surface area (Å²) < 4.78 is 1.92. The van der Waals surface area contributed by atoms with Gasteiger partial charge in [0.15, 0.2) is 0 Å². The molecule has 0 fully saturated rings. The van der Waals surface area contributed by atoms with Gasteiger partial charge in [0.2, 0.25) is 0 Å². The van der Waals surface area contributed by atoms with Crippen molar-refractivity contribution in [1.82, 2.24) is 24.7 Å². The van der Waals surface area contributed by atoms with Crippen LogP contribution in [-0.2, 0) is 6.54 Å². The fourth-order valence-electron chi connectivity index (χ4n) is 2.74. The van der Waals surface area contributed by atoms with Gasteiger partial charge in [0.1, 0.15) is 10.8 Å². The second kappa shape index (κ2) is 6.26. The van der Waals surface area contributed by atoms with Crippen molar-refractivity contribution in [3.63, 3.8) is 0 Å². The number of rotatable bonds is 3. The molecule has 0 aliphatic rings. The van der Waals surface area contributed by atoms with Gasteiger partial charge < -0.3 is 0 Å². The normalized spacial score (nSPS) is 11.2. The van der Waals surface area contributed by atoms with Gasteiger partial charge in [-0.3, -0.25) is 14.6 Å². The number of halogens is 1. The Kier molecular flexibility index (Phi) is 3.93. The molecule has 4 heterocycles. The first-order valence-electron chi connectivity index (χ1n) is 8.07. The van der Waals surface area contributed by atoms with Gasteiger partial charge in [-0.1, -0.05) is 11.6 Å². The predicted octanol–water partition coefficient (Wildman–Crippen LogP) is 4.54. The molecule has 0 unspecified atom stereocenters. The average Bonchev–Trinajstić information content (AvgIpc) is 3.06. The molecule has 4 rings (SSSR count). The smallest absolute Gasteiger partial charge is 0.129 e. The standard InChI is InChI=1S/C19H16ClN5/c1-3-25-11-15(19(24-25)13-5-4-12(2)21-9-13)14-8-17-16(22-10-14)6-7-18(20)23-17/h4-11H,3H2,1-2H3. The molecular weight excluding hydrogens is 334 g/mol. The van der Waals surface area contributed by atoms with E-state index in [1.54, 1.807) is 6.07 Å². The van der Waals surface area contributed by atoms with Crippen LogP contribution in [0.2, 0.25) is 5.15 Å². The first-order valence-corrected chi connectivity index (χ1v) is 8.45. The summed E-state index contributed by atoms with van der Waals surface area (Å²) >= 11 is 6.02. The fourth-order valence-corrected chi connectivity index (χ4v) is 2.90. The molecule has 25 heavy (non-hydrogen) atoms. The highest BCUT2D eigenvalue weighted by molar-refractivity contribution is 6.29. The van der Waals surface area contributed by atoms with Crippen LogP contribution in [0.4, 0.5) is 0 Å². The first kappa shape index (κ1) is 15.7. The summed E-state index contributed by atoms with van der Waals surface area (Å²) in [5.41, 5.74) is 6.38. The number of hydrogen-bond acceptors (Lipinski definition) is 4. The Morgan fingerprint density at radius 3 is 2.60 bits per heavy atom. The quantitative estimate of drug-likeness (QED) is 0.510. The second-order valence-electron chi connectivity index (χ2n) is 5.83. The van der Waals surface area contributed by atoms with Crippen molar-refractivity contribution in [2.24, 2.45) is 0 Å². The lowest BCUT2D eigenvalue weighted by atomic mass is 10.0. The van der Waals surface area contributed by atoms with E-state index in [9.17, 15) is 0 Å². The van der Waals surface area contributed by atoms with Gasteiger partial charge >= 0.3 is 0 Å². The van der Waals surface area contributed by atoms with E-state index in [0.29, 0.717) is 5.15 Å². The van der Waals surface area contributed by atoms with Crippen molar-refractivity contribution in [3.05, 3.63) is 59.8 Å². The first-order chi connectivity index (χ1) is 12.1. The van der Waals surface area contributed by atoms with Crippen LogP contribution in [0.15, 0.2) is 48.9 Å². The Hall–Kier alpha value is -2.79. The van der Waals surface area contributed by atoms with Gasteiger partial charge in [-0.2, -0.15) is 5.10 Å². The van der Waals surface area contributed by atoms with Crippen molar-refractivity contribution in [2.75, 3.05) is 0 Å². The molecule has 5 nitrogen and oxygen atoms in total. The lowest BCUT2D eigenvalue weighted by molar-refractivity contribution is 0.662. The minimum atomic E-state index is 0.457. The predicted molar refractivity (Wildman–Crippen MR) is 99.4 cm³/mol. The molecule has 0 amide bonds. The Bertz CT molecular complexity index is 1050. The van der Waals surface area contributed by atoms with E-state index in [1.165, 1.54) is 0 Å². The molecule has 6 heteroatoms. The molecule has 0 aliphatic carbocycles. The van der Waals surface area contributed by atoms with E-state index < -0.39 is 0 Å². The largest absolute Gasteiger partial charge is 0.272 e. The van der Waals surface area contributed by atoms with Crippen molar-refractivity contribution < 1.29 is 0 Å². The second-order valence-corrected chi connectivity index (χ2v) is 6.22. The summed E-state index contributed by atoms with van der Waals surface area (Å²) in [5, 5.41) is 5.16. The SMILES string of the molecule is CCn1cc(-c2cnc3ccc(Cl)nc3c2)c(-c2ccc(C)nc2)n1. The van der Waals surface area contributed by atoms with Crippen LogP contribution in [-0.4, -0.2) is 24.7 Å². The molecule has 0 N–H and O–H groups in total. The third kappa shape index (κ3) is 2.98. The lowest BCUT2D eigenvalue weighted by Crippen LogP contribution is -1.94. The van der Waals surface area contributed by atoms with Crippen molar-refractivity contribution in [2.45, 2.75) is 20.4 Å². The van der Waals surface area contributed by atoms with E-state index in [2.05, 4.69) is 21.9 Å². The average molecular weight is 350 g/mol. The Labute approximate surface area is 150 Å². The highest BCUT2D eigenvalue weighted by Gasteiger charge is 2.14. The van der Waals surface area contributed by atoms with E-state index >= 15 is 0 Å². The minimum Gasteiger partial charge on any atom is -0.272 e. The minimum absolute atomic E-state index is 0.457.